The SMILES string of the molecule is Cc1cc(NCP(=O)(O)O)cc(C)c1Cc1ccc(O)c(C(C)C)c1. The summed E-state index contributed by atoms with van der Waals surface area (Å²) >= 11 is 0. The molecule has 0 saturated heterocycles. The van der Waals surface area contributed by atoms with Crippen LogP contribution in [0.4, 0.5) is 5.69 Å². The molecule has 0 fully saturated rings. The highest BCUT2D eigenvalue weighted by Crippen LogP contribution is 2.34. The van der Waals surface area contributed by atoms with Gasteiger partial charge in [-0.3, -0.25) is 4.57 Å². The lowest BCUT2D eigenvalue weighted by atomic mass is 9.92. The van der Waals surface area contributed by atoms with Crippen LogP contribution >= 0.6 is 7.60 Å². The quantitative estimate of drug-likeness (QED) is 0.576. The van der Waals surface area contributed by atoms with Gasteiger partial charge in [-0.25, -0.2) is 0 Å². The molecule has 0 amide bonds. The molecule has 4 N–H and O–H groups in total. The van der Waals surface area contributed by atoms with Crippen LogP contribution in [0.5, 0.6) is 5.75 Å². The van der Waals surface area contributed by atoms with Gasteiger partial charge in [-0.05, 0) is 72.2 Å². The maximum absolute atomic E-state index is 11.0. The van der Waals surface area contributed by atoms with Gasteiger partial charge in [0.1, 0.15) is 12.0 Å². The molecule has 6 heteroatoms. The van der Waals surface area contributed by atoms with Crippen LogP contribution in [0.2, 0.25) is 0 Å². The second-order valence-electron chi connectivity index (χ2n) is 6.81. The van der Waals surface area contributed by atoms with Crippen molar-refractivity contribution in [1.29, 1.82) is 0 Å². The van der Waals surface area contributed by atoms with Crippen molar-refractivity contribution in [2.24, 2.45) is 0 Å². The summed E-state index contributed by atoms with van der Waals surface area (Å²) in [5.74, 6) is 0.575. The summed E-state index contributed by atoms with van der Waals surface area (Å²) in [6.07, 6.45) is 0.372. The normalized spacial score (nSPS) is 11.8. The van der Waals surface area contributed by atoms with Crippen molar-refractivity contribution in [2.75, 3.05) is 11.6 Å². The molecular weight excluding hydrogens is 337 g/mol. The van der Waals surface area contributed by atoms with Crippen LogP contribution in [0.1, 0.15) is 47.6 Å². The zero-order valence-electron chi connectivity index (χ0n) is 15.1. The Bertz CT molecular complexity index is 788. The van der Waals surface area contributed by atoms with Crippen LogP contribution in [0.15, 0.2) is 30.3 Å². The van der Waals surface area contributed by atoms with E-state index in [0.29, 0.717) is 11.4 Å². The topological polar surface area (TPSA) is 89.8 Å². The third kappa shape index (κ3) is 5.33. The minimum Gasteiger partial charge on any atom is -0.508 e. The molecule has 0 aliphatic carbocycles. The summed E-state index contributed by atoms with van der Waals surface area (Å²) in [4.78, 5) is 18.0. The third-order valence-corrected chi connectivity index (χ3v) is 4.85. The van der Waals surface area contributed by atoms with Gasteiger partial charge < -0.3 is 20.2 Å². The predicted octanol–water partition coefficient (Wildman–Crippen LogP) is 4.27. The number of aromatic hydroxyl groups is 1. The van der Waals surface area contributed by atoms with Crippen LogP contribution in [-0.4, -0.2) is 21.2 Å². The van der Waals surface area contributed by atoms with Crippen molar-refractivity contribution < 1.29 is 19.5 Å². The zero-order valence-corrected chi connectivity index (χ0v) is 16.0. The molecule has 0 aliphatic heterocycles. The minimum absolute atomic E-state index is 0.251. The van der Waals surface area contributed by atoms with Crippen molar-refractivity contribution in [3.8, 4) is 5.75 Å². The Balaban J connectivity index is 2.26. The van der Waals surface area contributed by atoms with Crippen molar-refractivity contribution >= 4 is 13.3 Å². The number of phenolic OH excluding ortho intramolecular Hbond substituents is 1. The Morgan fingerprint density at radius 1 is 1.08 bits per heavy atom. The molecule has 0 atom stereocenters. The number of phenols is 1. The van der Waals surface area contributed by atoms with Crippen LogP contribution in [0.25, 0.3) is 0 Å². The van der Waals surface area contributed by atoms with E-state index in [1.54, 1.807) is 6.07 Å². The first-order valence-corrected chi connectivity index (χ1v) is 10.1. The lowest BCUT2D eigenvalue weighted by Gasteiger charge is -2.16. The average molecular weight is 363 g/mol. The number of benzene rings is 2. The standard InChI is InChI=1S/C19H26NO4P/c1-12(2)17-9-15(5-6-19(17)21)10-18-13(3)7-16(8-14(18)4)20-11-25(22,23)24/h5-9,12,20-21H,10-11H2,1-4H3,(H2,22,23,24). The Morgan fingerprint density at radius 3 is 2.20 bits per heavy atom. The molecule has 0 aromatic heterocycles. The molecule has 25 heavy (non-hydrogen) atoms. The summed E-state index contributed by atoms with van der Waals surface area (Å²) in [5, 5.41) is 12.8. The number of anilines is 1. The van der Waals surface area contributed by atoms with Crippen molar-refractivity contribution in [3.63, 3.8) is 0 Å². The second kappa shape index (κ2) is 7.61. The van der Waals surface area contributed by atoms with Gasteiger partial charge in [0.2, 0.25) is 0 Å². The molecule has 0 bridgehead atoms. The second-order valence-corrected chi connectivity index (χ2v) is 8.46. The molecule has 2 aromatic carbocycles. The number of aryl methyl sites for hydroxylation is 2. The van der Waals surface area contributed by atoms with E-state index in [-0.39, 0.29) is 12.2 Å². The number of rotatable bonds is 6. The maximum Gasteiger partial charge on any atom is 0.344 e. The first kappa shape index (κ1) is 19.5. The van der Waals surface area contributed by atoms with Gasteiger partial charge in [-0.15, -0.1) is 0 Å². The predicted molar refractivity (Wildman–Crippen MR) is 101 cm³/mol. The van der Waals surface area contributed by atoms with E-state index < -0.39 is 7.60 Å². The molecule has 0 radical (unpaired) electrons. The Morgan fingerprint density at radius 2 is 1.68 bits per heavy atom. The van der Waals surface area contributed by atoms with Gasteiger partial charge in [-0.2, -0.15) is 0 Å². The number of hydrogen-bond acceptors (Lipinski definition) is 3. The summed E-state index contributed by atoms with van der Waals surface area (Å²) in [5.41, 5.74) is 6.08. The van der Waals surface area contributed by atoms with Crippen LogP contribution in [0.3, 0.4) is 0 Å². The summed E-state index contributed by atoms with van der Waals surface area (Å²) in [7, 11) is -4.08. The first-order valence-electron chi connectivity index (χ1n) is 8.27. The largest absolute Gasteiger partial charge is 0.508 e. The molecule has 136 valence electrons. The van der Waals surface area contributed by atoms with Crippen molar-refractivity contribution in [1.82, 2.24) is 0 Å². The van der Waals surface area contributed by atoms with Crippen LogP contribution < -0.4 is 5.32 Å². The number of hydrogen-bond donors (Lipinski definition) is 4. The average Bonchev–Trinajstić information content (AvgIpc) is 2.49. The van der Waals surface area contributed by atoms with Gasteiger partial charge in [0, 0.05) is 5.69 Å². The van der Waals surface area contributed by atoms with Gasteiger partial charge in [0.25, 0.3) is 0 Å². The molecule has 5 nitrogen and oxygen atoms in total. The van der Waals surface area contributed by atoms with Gasteiger partial charge in [0.15, 0.2) is 0 Å². The van der Waals surface area contributed by atoms with Crippen LogP contribution in [-0.2, 0) is 11.0 Å². The molecule has 0 heterocycles. The fourth-order valence-corrected chi connectivity index (χ4v) is 3.34. The van der Waals surface area contributed by atoms with Gasteiger partial charge in [0.05, 0.1) is 0 Å². The maximum atomic E-state index is 11.0. The molecule has 0 spiro atoms. The summed E-state index contributed by atoms with van der Waals surface area (Å²) < 4.78 is 11.0. The fraction of sp³-hybridized carbons (Fsp3) is 0.368. The van der Waals surface area contributed by atoms with Crippen LogP contribution in [0, 0.1) is 13.8 Å². The molecule has 2 aromatic rings. The fourth-order valence-electron chi connectivity index (χ4n) is 2.95. The smallest absolute Gasteiger partial charge is 0.344 e. The van der Waals surface area contributed by atoms with E-state index in [4.69, 9.17) is 9.79 Å². The molecule has 2 rings (SSSR count). The molecule has 0 unspecified atom stereocenters. The highest BCUT2D eigenvalue weighted by molar-refractivity contribution is 7.51. The van der Waals surface area contributed by atoms with E-state index in [1.165, 1.54) is 5.56 Å². The Labute approximate surface area is 148 Å². The lowest BCUT2D eigenvalue weighted by Crippen LogP contribution is -2.04. The van der Waals surface area contributed by atoms with E-state index in [9.17, 15) is 9.67 Å². The highest BCUT2D eigenvalue weighted by atomic mass is 31.2. The van der Waals surface area contributed by atoms with E-state index in [2.05, 4.69) is 19.2 Å². The first-order chi connectivity index (χ1) is 11.6. The number of nitrogens with one attached hydrogen (secondary N) is 1. The monoisotopic (exact) mass is 363 g/mol. The molecule has 0 saturated carbocycles. The Hall–Kier alpha value is -1.81. The van der Waals surface area contributed by atoms with E-state index in [0.717, 1.165) is 28.7 Å². The van der Waals surface area contributed by atoms with E-state index >= 15 is 0 Å². The molecule has 0 aliphatic rings. The van der Waals surface area contributed by atoms with E-state index in [1.807, 2.05) is 38.1 Å². The highest BCUT2D eigenvalue weighted by Gasteiger charge is 2.14. The lowest BCUT2D eigenvalue weighted by molar-refractivity contribution is 0.375. The minimum atomic E-state index is -4.08. The van der Waals surface area contributed by atoms with Crippen molar-refractivity contribution in [3.05, 3.63) is 58.1 Å². The van der Waals surface area contributed by atoms with Crippen molar-refractivity contribution in [2.45, 2.75) is 40.0 Å². The zero-order chi connectivity index (χ0) is 18.8. The van der Waals surface area contributed by atoms with Gasteiger partial charge >= 0.3 is 7.60 Å². The van der Waals surface area contributed by atoms with Gasteiger partial charge in [-0.1, -0.05) is 26.0 Å². The Kier molecular flexibility index (Phi) is 5.94. The summed E-state index contributed by atoms with van der Waals surface area (Å²) in [6, 6.07) is 9.52. The third-order valence-electron chi connectivity index (χ3n) is 4.28. The molecular formula is C19H26NO4P. The summed E-state index contributed by atoms with van der Waals surface area (Å²) in [6.45, 7) is 8.09.